The molecule has 0 spiro atoms. The molecular weight excluding hydrogens is 218 g/mol. The van der Waals surface area contributed by atoms with Gasteiger partial charge >= 0.3 is 0 Å². The van der Waals surface area contributed by atoms with Crippen LogP contribution in [0.25, 0.3) is 22.6 Å². The van der Waals surface area contributed by atoms with Crippen molar-refractivity contribution in [2.24, 2.45) is 0 Å². The Bertz CT molecular complexity index is 683. The van der Waals surface area contributed by atoms with Crippen LogP contribution < -0.4 is 0 Å². The Labute approximate surface area is 96.5 Å². The predicted octanol–water partition coefficient (Wildman–Crippen LogP) is 2.34. The Morgan fingerprint density at radius 2 is 2.29 bits per heavy atom. The van der Waals surface area contributed by atoms with E-state index in [1.54, 1.807) is 24.6 Å². The lowest BCUT2D eigenvalue weighted by atomic mass is 10.2. The number of carbonyl (C=O) groups is 1. The van der Waals surface area contributed by atoms with Crippen LogP contribution in [-0.4, -0.2) is 21.2 Å². The third-order valence-corrected chi connectivity index (χ3v) is 2.61. The SMILES string of the molecule is Cc1nc(-c2ccco2)nc2[nH]cc(C=O)c12. The van der Waals surface area contributed by atoms with Gasteiger partial charge in [0.05, 0.1) is 17.3 Å². The van der Waals surface area contributed by atoms with Crippen molar-refractivity contribution in [3.05, 3.63) is 35.9 Å². The smallest absolute Gasteiger partial charge is 0.197 e. The van der Waals surface area contributed by atoms with E-state index in [0.29, 0.717) is 22.8 Å². The predicted molar refractivity (Wildman–Crippen MR) is 61.7 cm³/mol. The first-order valence-electron chi connectivity index (χ1n) is 5.14. The van der Waals surface area contributed by atoms with Gasteiger partial charge in [-0.2, -0.15) is 0 Å². The number of furan rings is 1. The fraction of sp³-hybridized carbons (Fsp3) is 0.0833. The molecule has 0 aliphatic rings. The fourth-order valence-electron chi connectivity index (χ4n) is 1.85. The minimum absolute atomic E-state index is 0.513. The Kier molecular flexibility index (Phi) is 2.04. The van der Waals surface area contributed by atoms with Crippen molar-refractivity contribution in [2.75, 3.05) is 0 Å². The average molecular weight is 227 g/mol. The molecule has 0 aliphatic carbocycles. The molecule has 0 saturated carbocycles. The standard InChI is InChI=1S/C12H9N3O2/c1-7-10-8(6-16)5-13-12(10)15-11(14-7)9-3-2-4-17-9/h2-6H,1H3,(H,13,14,15). The van der Waals surface area contributed by atoms with Gasteiger partial charge in [-0.15, -0.1) is 0 Å². The molecule has 0 aromatic carbocycles. The van der Waals surface area contributed by atoms with E-state index < -0.39 is 0 Å². The second-order valence-electron chi connectivity index (χ2n) is 3.70. The number of aromatic amines is 1. The van der Waals surface area contributed by atoms with Crippen LogP contribution in [0.5, 0.6) is 0 Å². The zero-order valence-corrected chi connectivity index (χ0v) is 9.10. The molecule has 5 heteroatoms. The number of carbonyl (C=O) groups excluding carboxylic acids is 1. The summed E-state index contributed by atoms with van der Waals surface area (Å²) < 4.78 is 5.25. The van der Waals surface area contributed by atoms with Crippen LogP contribution in [0.4, 0.5) is 0 Å². The number of aryl methyl sites for hydroxylation is 1. The Morgan fingerprint density at radius 1 is 1.41 bits per heavy atom. The number of H-pyrrole nitrogens is 1. The van der Waals surface area contributed by atoms with Crippen LogP contribution in [-0.2, 0) is 0 Å². The maximum Gasteiger partial charge on any atom is 0.197 e. The second-order valence-corrected chi connectivity index (χ2v) is 3.70. The lowest BCUT2D eigenvalue weighted by molar-refractivity contribution is 0.112. The molecule has 0 fully saturated rings. The van der Waals surface area contributed by atoms with E-state index in [9.17, 15) is 4.79 Å². The first-order valence-corrected chi connectivity index (χ1v) is 5.14. The number of nitrogens with one attached hydrogen (secondary N) is 1. The van der Waals surface area contributed by atoms with Crippen LogP contribution in [0.3, 0.4) is 0 Å². The summed E-state index contributed by atoms with van der Waals surface area (Å²) in [5, 5.41) is 0.760. The van der Waals surface area contributed by atoms with E-state index in [0.717, 1.165) is 17.4 Å². The number of aromatic nitrogens is 3. The Balaban J connectivity index is 2.29. The summed E-state index contributed by atoms with van der Waals surface area (Å²) in [6.45, 7) is 1.84. The number of hydrogen-bond acceptors (Lipinski definition) is 4. The summed E-state index contributed by atoms with van der Waals surface area (Å²) in [7, 11) is 0. The lowest BCUT2D eigenvalue weighted by Gasteiger charge is -2.00. The fourth-order valence-corrected chi connectivity index (χ4v) is 1.85. The van der Waals surface area contributed by atoms with Crippen LogP contribution in [0, 0.1) is 6.92 Å². The molecule has 17 heavy (non-hydrogen) atoms. The zero-order chi connectivity index (χ0) is 11.8. The topological polar surface area (TPSA) is 71.8 Å². The van der Waals surface area contributed by atoms with Gasteiger partial charge in [-0.25, -0.2) is 9.97 Å². The minimum atomic E-state index is 0.513. The number of aldehydes is 1. The first kappa shape index (κ1) is 9.77. The molecule has 3 heterocycles. The van der Waals surface area contributed by atoms with Crippen LogP contribution in [0.1, 0.15) is 16.1 Å². The summed E-state index contributed by atoms with van der Waals surface area (Å²) in [5.41, 5.74) is 1.97. The van der Waals surface area contributed by atoms with Crippen LogP contribution in [0.15, 0.2) is 29.0 Å². The quantitative estimate of drug-likeness (QED) is 0.682. The molecule has 3 aromatic heterocycles. The third-order valence-electron chi connectivity index (χ3n) is 2.61. The lowest BCUT2D eigenvalue weighted by Crippen LogP contribution is -1.93. The van der Waals surface area contributed by atoms with Gasteiger partial charge in [-0.05, 0) is 19.1 Å². The summed E-state index contributed by atoms with van der Waals surface area (Å²) in [6, 6.07) is 3.58. The van der Waals surface area contributed by atoms with E-state index >= 15 is 0 Å². The largest absolute Gasteiger partial charge is 0.461 e. The van der Waals surface area contributed by atoms with Crippen molar-refractivity contribution in [1.82, 2.24) is 15.0 Å². The number of nitrogens with zero attached hydrogens (tertiary/aromatic N) is 2. The molecule has 3 rings (SSSR count). The Morgan fingerprint density at radius 3 is 3.00 bits per heavy atom. The van der Waals surface area contributed by atoms with Gasteiger partial charge in [-0.1, -0.05) is 0 Å². The molecule has 5 nitrogen and oxygen atoms in total. The summed E-state index contributed by atoms with van der Waals surface area (Å²) >= 11 is 0. The number of fused-ring (bicyclic) bond motifs is 1. The highest BCUT2D eigenvalue weighted by molar-refractivity contribution is 5.97. The minimum Gasteiger partial charge on any atom is -0.461 e. The van der Waals surface area contributed by atoms with E-state index in [1.807, 2.05) is 6.92 Å². The zero-order valence-electron chi connectivity index (χ0n) is 9.10. The van der Waals surface area contributed by atoms with E-state index in [2.05, 4.69) is 15.0 Å². The molecule has 3 aromatic rings. The Hall–Kier alpha value is -2.43. The summed E-state index contributed by atoms with van der Waals surface area (Å²) in [6.07, 6.45) is 4.00. The van der Waals surface area contributed by atoms with Gasteiger partial charge in [0.2, 0.25) is 0 Å². The van der Waals surface area contributed by atoms with E-state index in [4.69, 9.17) is 4.42 Å². The van der Waals surface area contributed by atoms with Gasteiger partial charge in [-0.3, -0.25) is 4.79 Å². The first-order chi connectivity index (χ1) is 8.29. The summed E-state index contributed by atoms with van der Waals surface area (Å²) in [4.78, 5) is 22.5. The molecule has 0 bridgehead atoms. The average Bonchev–Trinajstić information content (AvgIpc) is 2.97. The molecule has 0 saturated heterocycles. The van der Waals surface area contributed by atoms with Crippen LogP contribution >= 0.6 is 0 Å². The van der Waals surface area contributed by atoms with Crippen molar-refractivity contribution >= 4 is 17.3 Å². The molecular formula is C12H9N3O2. The molecule has 0 unspecified atom stereocenters. The van der Waals surface area contributed by atoms with Crippen molar-refractivity contribution in [3.63, 3.8) is 0 Å². The third kappa shape index (κ3) is 1.44. The van der Waals surface area contributed by atoms with Crippen molar-refractivity contribution in [3.8, 4) is 11.6 Å². The van der Waals surface area contributed by atoms with Gasteiger partial charge in [0.15, 0.2) is 17.9 Å². The molecule has 0 aliphatic heterocycles. The monoisotopic (exact) mass is 227 g/mol. The van der Waals surface area contributed by atoms with Gasteiger partial charge in [0.1, 0.15) is 5.65 Å². The molecule has 1 N–H and O–H groups in total. The van der Waals surface area contributed by atoms with Gasteiger partial charge in [0, 0.05) is 11.8 Å². The van der Waals surface area contributed by atoms with E-state index in [-0.39, 0.29) is 0 Å². The van der Waals surface area contributed by atoms with Crippen molar-refractivity contribution < 1.29 is 9.21 Å². The maximum absolute atomic E-state index is 10.9. The number of rotatable bonds is 2. The van der Waals surface area contributed by atoms with Crippen LogP contribution in [0.2, 0.25) is 0 Å². The normalized spacial score (nSPS) is 10.9. The van der Waals surface area contributed by atoms with Crippen molar-refractivity contribution in [1.29, 1.82) is 0 Å². The molecule has 0 atom stereocenters. The summed E-state index contributed by atoms with van der Waals surface area (Å²) in [5.74, 6) is 1.12. The van der Waals surface area contributed by atoms with Gasteiger partial charge < -0.3 is 9.40 Å². The van der Waals surface area contributed by atoms with Crippen molar-refractivity contribution in [2.45, 2.75) is 6.92 Å². The highest BCUT2D eigenvalue weighted by atomic mass is 16.3. The molecule has 0 radical (unpaired) electrons. The highest BCUT2D eigenvalue weighted by Gasteiger charge is 2.12. The maximum atomic E-state index is 10.9. The molecule has 0 amide bonds. The van der Waals surface area contributed by atoms with E-state index in [1.165, 1.54) is 0 Å². The molecule has 84 valence electrons. The highest BCUT2D eigenvalue weighted by Crippen LogP contribution is 2.22. The second kappa shape index (κ2) is 3.55. The number of hydrogen-bond donors (Lipinski definition) is 1. The van der Waals surface area contributed by atoms with Gasteiger partial charge in [0.25, 0.3) is 0 Å².